The molecule has 5 nitrogen and oxygen atoms in total. The lowest BCUT2D eigenvalue weighted by Crippen LogP contribution is -2.37. The van der Waals surface area contributed by atoms with Crippen molar-refractivity contribution in [2.45, 2.75) is 11.8 Å². The van der Waals surface area contributed by atoms with Crippen molar-refractivity contribution in [2.24, 2.45) is 0 Å². The van der Waals surface area contributed by atoms with E-state index in [0.717, 1.165) is 4.31 Å². The van der Waals surface area contributed by atoms with E-state index in [4.69, 9.17) is 27.9 Å². The van der Waals surface area contributed by atoms with Gasteiger partial charge in [-0.05, 0) is 59.8 Å². The van der Waals surface area contributed by atoms with Crippen LogP contribution in [0.5, 0.6) is 0 Å². The lowest BCUT2D eigenvalue weighted by atomic mass is 10.3. The zero-order valence-electron chi connectivity index (χ0n) is 13.1. The van der Waals surface area contributed by atoms with Gasteiger partial charge in [-0.15, -0.1) is 0 Å². The Morgan fingerprint density at radius 3 is 2.44 bits per heavy atom. The second-order valence-corrected chi connectivity index (χ2v) is 8.68. The van der Waals surface area contributed by atoms with E-state index in [0.29, 0.717) is 9.26 Å². The highest BCUT2D eigenvalue weighted by molar-refractivity contribution is 14.1. The van der Waals surface area contributed by atoms with Gasteiger partial charge in [-0.1, -0.05) is 35.3 Å². The van der Waals surface area contributed by atoms with Crippen LogP contribution in [0.15, 0.2) is 47.4 Å². The summed E-state index contributed by atoms with van der Waals surface area (Å²) in [5, 5.41) is 0.355. The first-order valence-corrected chi connectivity index (χ1v) is 10.4. The highest BCUT2D eigenvalue weighted by Crippen LogP contribution is 2.31. The molecular weight excluding hydrogens is 500 g/mol. The highest BCUT2D eigenvalue weighted by Gasteiger charge is 2.29. The number of hydrogen-bond acceptors (Lipinski definition) is 4. The van der Waals surface area contributed by atoms with Gasteiger partial charge in [-0.2, -0.15) is 0 Å². The number of carbonyl (C=O) groups excluding carboxylic acids is 1. The Morgan fingerprint density at radius 2 is 1.84 bits per heavy atom. The zero-order valence-corrected chi connectivity index (χ0v) is 17.6. The number of benzene rings is 2. The summed E-state index contributed by atoms with van der Waals surface area (Å²) in [5.74, 6) is -0.647. The van der Waals surface area contributed by atoms with Gasteiger partial charge in [0.2, 0.25) is 0 Å². The predicted molar refractivity (Wildman–Crippen MR) is 107 cm³/mol. The van der Waals surface area contributed by atoms with E-state index in [1.54, 1.807) is 31.2 Å². The van der Waals surface area contributed by atoms with Crippen LogP contribution in [-0.2, 0) is 19.6 Å². The van der Waals surface area contributed by atoms with Crippen molar-refractivity contribution in [1.29, 1.82) is 0 Å². The third-order valence-corrected chi connectivity index (χ3v) is 6.59. The minimum Gasteiger partial charge on any atom is -0.465 e. The van der Waals surface area contributed by atoms with Gasteiger partial charge in [-0.3, -0.25) is 9.10 Å². The average molecular weight is 514 g/mol. The van der Waals surface area contributed by atoms with Crippen LogP contribution < -0.4 is 4.31 Å². The first-order chi connectivity index (χ1) is 11.8. The molecule has 0 aliphatic rings. The molecule has 25 heavy (non-hydrogen) atoms. The van der Waals surface area contributed by atoms with Crippen molar-refractivity contribution in [3.05, 3.63) is 56.1 Å². The van der Waals surface area contributed by atoms with Gasteiger partial charge in [0, 0.05) is 3.57 Å². The van der Waals surface area contributed by atoms with Gasteiger partial charge >= 0.3 is 5.97 Å². The van der Waals surface area contributed by atoms with E-state index in [1.165, 1.54) is 18.2 Å². The Balaban J connectivity index is 2.55. The van der Waals surface area contributed by atoms with Crippen LogP contribution in [0, 0.1) is 3.57 Å². The number of hydrogen-bond donors (Lipinski definition) is 0. The first kappa shape index (κ1) is 20.3. The van der Waals surface area contributed by atoms with Gasteiger partial charge < -0.3 is 4.74 Å². The Hall–Kier alpha value is -1.03. The Kier molecular flexibility index (Phi) is 6.95. The number of sulfonamides is 1. The van der Waals surface area contributed by atoms with E-state index < -0.39 is 22.5 Å². The highest BCUT2D eigenvalue weighted by atomic mass is 127. The van der Waals surface area contributed by atoms with Gasteiger partial charge in [-0.25, -0.2) is 8.42 Å². The molecule has 0 aliphatic heterocycles. The number of rotatable bonds is 6. The summed E-state index contributed by atoms with van der Waals surface area (Å²) in [7, 11) is -4.04. The van der Waals surface area contributed by atoms with Crippen LogP contribution in [0.2, 0.25) is 10.0 Å². The minimum absolute atomic E-state index is 0.0640. The zero-order chi connectivity index (χ0) is 18.6. The maximum atomic E-state index is 13.1. The molecule has 0 saturated heterocycles. The molecule has 0 N–H and O–H groups in total. The molecule has 0 aromatic heterocycles. The van der Waals surface area contributed by atoms with Crippen LogP contribution in [0.4, 0.5) is 5.69 Å². The number of nitrogens with zero attached hydrogens (tertiary/aromatic N) is 1. The molecule has 9 heteroatoms. The summed E-state index contributed by atoms with van der Waals surface area (Å²) in [6.07, 6.45) is 0. The molecule has 0 atom stereocenters. The number of para-hydroxylation sites is 1. The van der Waals surface area contributed by atoms with Crippen LogP contribution in [0.3, 0.4) is 0 Å². The number of esters is 1. The molecule has 0 aliphatic carbocycles. The van der Waals surface area contributed by atoms with Gasteiger partial charge in [0.1, 0.15) is 6.54 Å². The molecule has 0 fully saturated rings. The number of anilines is 1. The molecule has 2 aromatic carbocycles. The van der Waals surface area contributed by atoms with Crippen molar-refractivity contribution in [1.82, 2.24) is 0 Å². The van der Waals surface area contributed by atoms with Crippen LogP contribution in [0.25, 0.3) is 0 Å². The molecule has 0 radical (unpaired) electrons. The van der Waals surface area contributed by atoms with Crippen molar-refractivity contribution >= 4 is 67.5 Å². The minimum atomic E-state index is -4.04. The molecular formula is C16H14Cl2INO4S. The second kappa shape index (κ2) is 8.57. The third kappa shape index (κ3) is 4.78. The maximum absolute atomic E-state index is 13.1. The first-order valence-electron chi connectivity index (χ1n) is 7.15. The van der Waals surface area contributed by atoms with Gasteiger partial charge in [0.15, 0.2) is 0 Å². The molecule has 0 unspecified atom stereocenters. The topological polar surface area (TPSA) is 63.7 Å². The molecule has 0 heterocycles. The van der Waals surface area contributed by atoms with E-state index in [-0.39, 0.29) is 21.5 Å². The van der Waals surface area contributed by atoms with Crippen molar-refractivity contribution in [3.8, 4) is 0 Å². The Bertz CT molecular complexity index is 889. The number of ether oxygens (including phenoxy) is 1. The normalized spacial score (nSPS) is 11.2. The molecule has 2 rings (SSSR count). The average Bonchev–Trinajstić information content (AvgIpc) is 2.56. The van der Waals surface area contributed by atoms with Crippen molar-refractivity contribution < 1.29 is 17.9 Å². The van der Waals surface area contributed by atoms with E-state index in [9.17, 15) is 13.2 Å². The van der Waals surface area contributed by atoms with Crippen LogP contribution in [0.1, 0.15) is 6.92 Å². The summed E-state index contributed by atoms with van der Waals surface area (Å²) in [4.78, 5) is 11.9. The maximum Gasteiger partial charge on any atom is 0.326 e. The Morgan fingerprint density at radius 1 is 1.16 bits per heavy atom. The second-order valence-electron chi connectivity index (χ2n) is 4.84. The van der Waals surface area contributed by atoms with Crippen LogP contribution >= 0.6 is 45.8 Å². The quantitative estimate of drug-likeness (QED) is 0.425. The fraction of sp³-hybridized carbons (Fsp3) is 0.188. The summed E-state index contributed by atoms with van der Waals surface area (Å²) < 4.78 is 32.8. The van der Waals surface area contributed by atoms with Crippen LogP contribution in [-0.4, -0.2) is 27.5 Å². The molecule has 0 amide bonds. The summed E-state index contributed by atoms with van der Waals surface area (Å²) in [5.41, 5.74) is 0.377. The van der Waals surface area contributed by atoms with Gasteiger partial charge in [0.25, 0.3) is 10.0 Å². The lowest BCUT2D eigenvalue weighted by Gasteiger charge is -2.24. The standard InChI is InChI=1S/C16H14Cl2INO4S/c1-2-24-16(21)10-20(15-6-4-3-5-14(15)19)25(22,23)11-7-8-12(17)13(18)9-11/h3-9H,2,10H2,1H3. The molecule has 0 spiro atoms. The number of carbonyl (C=O) groups is 1. The largest absolute Gasteiger partial charge is 0.465 e. The SMILES string of the molecule is CCOC(=O)CN(c1ccccc1I)S(=O)(=O)c1ccc(Cl)c(Cl)c1. The predicted octanol–water partition coefficient (Wildman–Crippen LogP) is 4.36. The fourth-order valence-corrected chi connectivity index (χ4v) is 4.70. The van der Waals surface area contributed by atoms with Crippen molar-refractivity contribution in [3.63, 3.8) is 0 Å². The van der Waals surface area contributed by atoms with E-state index >= 15 is 0 Å². The summed E-state index contributed by atoms with van der Waals surface area (Å²) in [6.45, 7) is 1.36. The monoisotopic (exact) mass is 513 g/mol. The van der Waals surface area contributed by atoms with Gasteiger partial charge in [0.05, 0.1) is 27.2 Å². The van der Waals surface area contributed by atoms with E-state index in [2.05, 4.69) is 0 Å². The number of halogens is 3. The van der Waals surface area contributed by atoms with Crippen molar-refractivity contribution in [2.75, 3.05) is 17.5 Å². The molecule has 0 saturated carbocycles. The molecule has 2 aromatic rings. The fourth-order valence-electron chi connectivity index (χ4n) is 2.04. The molecule has 0 bridgehead atoms. The third-order valence-electron chi connectivity index (χ3n) is 3.18. The molecule has 134 valence electrons. The summed E-state index contributed by atoms with van der Waals surface area (Å²) >= 11 is 13.8. The Labute approximate surface area is 170 Å². The lowest BCUT2D eigenvalue weighted by molar-refractivity contribution is -0.141. The summed E-state index contributed by atoms with van der Waals surface area (Å²) in [6, 6.07) is 10.8. The smallest absolute Gasteiger partial charge is 0.326 e. The van der Waals surface area contributed by atoms with E-state index in [1.807, 2.05) is 22.6 Å².